The number of aliphatic carboxylic acids is 1. The van der Waals surface area contributed by atoms with Crippen LogP contribution in [0.1, 0.15) is 23.9 Å². The van der Waals surface area contributed by atoms with Crippen molar-refractivity contribution in [1.82, 2.24) is 9.88 Å². The quantitative estimate of drug-likeness (QED) is 0.883. The number of thiazole rings is 1. The Balaban J connectivity index is 2.04. The van der Waals surface area contributed by atoms with Gasteiger partial charge in [0.15, 0.2) is 5.13 Å². The second kappa shape index (κ2) is 6.86. The Hall–Kier alpha value is -1.67. The number of aryl methyl sites for hydroxylation is 2. The number of carboxylic acids is 1. The van der Waals surface area contributed by atoms with Crippen LogP contribution in [0.3, 0.4) is 0 Å². The van der Waals surface area contributed by atoms with Crippen molar-refractivity contribution in [3.05, 3.63) is 10.6 Å². The number of urea groups is 1. The average molecular weight is 313 g/mol. The number of nitrogens with zero attached hydrogens (tertiary/aromatic N) is 2. The molecule has 0 spiro atoms. The summed E-state index contributed by atoms with van der Waals surface area (Å²) in [5.74, 6) is -0.943. The number of aromatic nitrogens is 1. The lowest BCUT2D eigenvalue weighted by molar-refractivity contribution is -0.139. The summed E-state index contributed by atoms with van der Waals surface area (Å²) in [7, 11) is 0. The van der Waals surface area contributed by atoms with E-state index < -0.39 is 12.0 Å². The molecular weight excluding hydrogens is 294 g/mol. The predicted octanol–water partition coefficient (Wildman–Crippen LogP) is 1.72. The Labute approximate surface area is 126 Å². The third kappa shape index (κ3) is 3.92. The summed E-state index contributed by atoms with van der Waals surface area (Å²) in [5.41, 5.74) is 0.972. The molecule has 1 atom stereocenters. The Morgan fingerprint density at radius 2 is 2.33 bits per heavy atom. The molecule has 1 fully saturated rings. The van der Waals surface area contributed by atoms with Crippen molar-refractivity contribution in [1.29, 1.82) is 0 Å². The number of rotatable bonds is 4. The molecule has 0 aromatic carbocycles. The summed E-state index contributed by atoms with van der Waals surface area (Å²) < 4.78 is 5.26. The molecule has 0 bridgehead atoms. The van der Waals surface area contributed by atoms with Gasteiger partial charge in [0, 0.05) is 11.4 Å². The predicted molar refractivity (Wildman–Crippen MR) is 78.8 cm³/mol. The highest BCUT2D eigenvalue weighted by molar-refractivity contribution is 7.15. The molecule has 2 N–H and O–H groups in total. The van der Waals surface area contributed by atoms with Crippen molar-refractivity contribution in [3.8, 4) is 0 Å². The van der Waals surface area contributed by atoms with Gasteiger partial charge in [-0.25, -0.2) is 9.78 Å². The lowest BCUT2D eigenvalue weighted by Gasteiger charge is -2.34. The first-order valence-corrected chi connectivity index (χ1v) is 7.66. The maximum absolute atomic E-state index is 12.3. The molecule has 0 saturated carbocycles. The minimum absolute atomic E-state index is 0.121. The largest absolute Gasteiger partial charge is 0.481 e. The smallest absolute Gasteiger partial charge is 0.324 e. The van der Waals surface area contributed by atoms with Crippen molar-refractivity contribution >= 4 is 28.5 Å². The molecule has 1 saturated heterocycles. The van der Waals surface area contributed by atoms with Crippen LogP contribution < -0.4 is 5.32 Å². The van der Waals surface area contributed by atoms with Gasteiger partial charge in [-0.05, 0) is 13.3 Å². The normalized spacial score (nSPS) is 18.6. The Morgan fingerprint density at radius 1 is 1.57 bits per heavy atom. The molecule has 21 heavy (non-hydrogen) atoms. The Kier molecular flexibility index (Phi) is 5.13. The number of carboxylic acid groups (broad SMARTS) is 1. The number of ether oxygens (including phenoxy) is 1. The van der Waals surface area contributed by atoms with Gasteiger partial charge in [0.25, 0.3) is 0 Å². The zero-order valence-corrected chi connectivity index (χ0v) is 12.9. The van der Waals surface area contributed by atoms with Gasteiger partial charge in [-0.3, -0.25) is 10.1 Å². The highest BCUT2D eigenvalue weighted by Gasteiger charge is 2.29. The lowest BCUT2D eigenvalue weighted by atomic mass is 10.1. The summed E-state index contributed by atoms with van der Waals surface area (Å²) in [4.78, 5) is 30.1. The molecule has 0 aliphatic carbocycles. The van der Waals surface area contributed by atoms with E-state index in [0.29, 0.717) is 18.3 Å². The molecule has 0 radical (unpaired) electrons. The monoisotopic (exact) mass is 313 g/mol. The third-order valence-corrected chi connectivity index (χ3v) is 4.27. The van der Waals surface area contributed by atoms with Crippen LogP contribution in [0.15, 0.2) is 0 Å². The lowest BCUT2D eigenvalue weighted by Crippen LogP contribution is -2.51. The van der Waals surface area contributed by atoms with Crippen LogP contribution in [-0.2, 0) is 16.0 Å². The molecule has 1 aromatic rings. The molecule has 2 heterocycles. The van der Waals surface area contributed by atoms with Gasteiger partial charge in [-0.1, -0.05) is 6.92 Å². The van der Waals surface area contributed by atoms with Gasteiger partial charge in [0.1, 0.15) is 0 Å². The topological polar surface area (TPSA) is 91.8 Å². The maximum atomic E-state index is 12.3. The van der Waals surface area contributed by atoms with Crippen molar-refractivity contribution in [2.75, 3.05) is 25.1 Å². The van der Waals surface area contributed by atoms with E-state index in [1.54, 1.807) is 0 Å². The van der Waals surface area contributed by atoms with Gasteiger partial charge in [-0.2, -0.15) is 0 Å². The van der Waals surface area contributed by atoms with E-state index in [1.165, 1.54) is 16.2 Å². The summed E-state index contributed by atoms with van der Waals surface area (Å²) in [6, 6.07) is -0.760. The van der Waals surface area contributed by atoms with Crippen LogP contribution >= 0.6 is 11.3 Å². The molecule has 2 amide bonds. The summed E-state index contributed by atoms with van der Waals surface area (Å²) in [6.07, 6.45) is 0.696. The number of hydrogen-bond acceptors (Lipinski definition) is 5. The first kappa shape index (κ1) is 15.7. The Bertz CT molecular complexity index is 531. The van der Waals surface area contributed by atoms with Crippen LogP contribution in [0, 0.1) is 6.92 Å². The van der Waals surface area contributed by atoms with E-state index in [9.17, 15) is 9.59 Å². The first-order chi connectivity index (χ1) is 10.0. The maximum Gasteiger partial charge on any atom is 0.324 e. The summed E-state index contributed by atoms with van der Waals surface area (Å²) >= 11 is 1.43. The van der Waals surface area contributed by atoms with Gasteiger partial charge < -0.3 is 14.7 Å². The minimum atomic E-state index is -0.943. The molecule has 1 unspecified atom stereocenters. The fourth-order valence-electron chi connectivity index (χ4n) is 2.27. The van der Waals surface area contributed by atoms with Crippen molar-refractivity contribution in [2.45, 2.75) is 32.7 Å². The van der Waals surface area contributed by atoms with Crippen LogP contribution in [0.5, 0.6) is 0 Å². The van der Waals surface area contributed by atoms with Crippen LogP contribution in [0.2, 0.25) is 0 Å². The Morgan fingerprint density at radius 3 is 2.95 bits per heavy atom. The number of carbonyl (C=O) groups is 2. The molecule has 8 heteroatoms. The molecule has 1 aliphatic heterocycles. The van der Waals surface area contributed by atoms with E-state index in [1.807, 2.05) is 13.8 Å². The van der Waals surface area contributed by atoms with Crippen LogP contribution in [0.4, 0.5) is 9.93 Å². The second-order valence-corrected chi connectivity index (χ2v) is 6.03. The zero-order valence-electron chi connectivity index (χ0n) is 12.1. The molecule has 7 nitrogen and oxygen atoms in total. The van der Waals surface area contributed by atoms with Crippen LogP contribution in [0.25, 0.3) is 0 Å². The second-order valence-electron chi connectivity index (χ2n) is 4.83. The number of nitrogens with one attached hydrogen (secondary N) is 1. The molecular formula is C13H19N3O4S. The number of amides is 2. The summed E-state index contributed by atoms with van der Waals surface area (Å²) in [5, 5.41) is 12.2. The van der Waals surface area contributed by atoms with Gasteiger partial charge in [0.2, 0.25) is 0 Å². The zero-order chi connectivity index (χ0) is 15.4. The van der Waals surface area contributed by atoms with Gasteiger partial charge in [0.05, 0.1) is 31.4 Å². The molecule has 2 rings (SSSR count). The fourth-order valence-corrected chi connectivity index (χ4v) is 3.16. The first-order valence-electron chi connectivity index (χ1n) is 6.84. The molecule has 1 aromatic heterocycles. The van der Waals surface area contributed by atoms with Crippen molar-refractivity contribution in [2.24, 2.45) is 0 Å². The van der Waals surface area contributed by atoms with E-state index >= 15 is 0 Å². The molecule has 1 aliphatic rings. The SMILES string of the molecule is CCc1nc(NC(=O)N2CCOCC2CC(=O)O)sc1C. The van der Waals surface area contributed by atoms with Gasteiger partial charge in [-0.15, -0.1) is 11.3 Å². The number of anilines is 1. The molecule has 116 valence electrons. The summed E-state index contributed by atoms with van der Waals surface area (Å²) in [6.45, 7) is 5.03. The van der Waals surface area contributed by atoms with E-state index in [2.05, 4.69) is 10.3 Å². The van der Waals surface area contributed by atoms with E-state index in [-0.39, 0.29) is 19.1 Å². The standard InChI is InChI=1S/C13H19N3O4S/c1-3-10-8(2)21-12(14-10)15-13(19)16-4-5-20-7-9(16)6-11(17)18/h9H,3-7H2,1-2H3,(H,17,18)(H,14,15,19). The average Bonchev–Trinajstić information content (AvgIpc) is 2.78. The van der Waals surface area contributed by atoms with Gasteiger partial charge >= 0.3 is 12.0 Å². The highest BCUT2D eigenvalue weighted by atomic mass is 32.1. The number of morpholine rings is 1. The third-order valence-electron chi connectivity index (χ3n) is 3.34. The number of hydrogen-bond donors (Lipinski definition) is 2. The van der Waals surface area contributed by atoms with Crippen molar-refractivity contribution in [3.63, 3.8) is 0 Å². The van der Waals surface area contributed by atoms with Crippen molar-refractivity contribution < 1.29 is 19.4 Å². The highest BCUT2D eigenvalue weighted by Crippen LogP contribution is 2.23. The minimum Gasteiger partial charge on any atom is -0.481 e. The fraction of sp³-hybridized carbons (Fsp3) is 0.615. The van der Waals surface area contributed by atoms with Crippen LogP contribution in [-0.4, -0.2) is 52.8 Å². The van der Waals surface area contributed by atoms with E-state index in [0.717, 1.165) is 17.0 Å². The van der Waals surface area contributed by atoms with E-state index in [4.69, 9.17) is 9.84 Å². The number of carbonyl (C=O) groups excluding carboxylic acids is 1.